The Morgan fingerprint density at radius 3 is 2.26 bits per heavy atom. The Labute approximate surface area is 243 Å². The molecule has 2 amide bonds. The minimum absolute atomic E-state index is 0.111. The van der Waals surface area contributed by atoms with Gasteiger partial charge in [-0.3, -0.25) is 9.59 Å². The van der Waals surface area contributed by atoms with Gasteiger partial charge in [0.05, 0.1) is 23.5 Å². The Morgan fingerprint density at radius 1 is 0.907 bits per heavy atom. The van der Waals surface area contributed by atoms with Crippen LogP contribution in [0.15, 0.2) is 83.8 Å². The molecule has 0 spiro atoms. The average molecular weight is 617 g/mol. The van der Waals surface area contributed by atoms with E-state index in [1.807, 2.05) is 12.2 Å². The number of hydrogen-bond acceptors (Lipinski definition) is 6. The summed E-state index contributed by atoms with van der Waals surface area (Å²) >= 11 is 0. The lowest BCUT2D eigenvalue weighted by molar-refractivity contribution is -0.121. The van der Waals surface area contributed by atoms with Gasteiger partial charge in [-0.25, -0.2) is 17.6 Å². The number of nitrogens with one attached hydrogen (secondary N) is 2. The summed E-state index contributed by atoms with van der Waals surface area (Å²) in [4.78, 5) is 37.3. The number of fused-ring (bicyclic) bond motifs is 2. The minimum Gasteiger partial charge on any atom is -0.465 e. The van der Waals surface area contributed by atoms with E-state index in [9.17, 15) is 40.4 Å². The standard InChI is InChI=1S/C30H24F4N2O6S/c1-42-29(39)17-7-5-16(6-8-17)23-14-20(11-12-24(23)31)27(37)36-26-19-10-9-18(13-19)25(26)28(38)35-21-3-2-4-22(15-21)43(40,41)30(32,33)34/h2-12,14-15,18-19,25-26H,13H2,1H3,(H,35,38)(H,36,37)/t18-,19+,25+,26-/m1/s1. The van der Waals surface area contributed by atoms with Gasteiger partial charge in [-0.15, -0.1) is 0 Å². The third-order valence-corrected chi connectivity index (χ3v) is 9.11. The number of allylic oxidation sites excluding steroid dienone is 1. The summed E-state index contributed by atoms with van der Waals surface area (Å²) in [5, 5.41) is 5.34. The maximum absolute atomic E-state index is 14.7. The van der Waals surface area contributed by atoms with Crippen molar-refractivity contribution >= 4 is 33.3 Å². The topological polar surface area (TPSA) is 119 Å². The smallest absolute Gasteiger partial charge is 0.465 e. The fourth-order valence-electron chi connectivity index (χ4n) is 5.50. The molecule has 0 unspecified atom stereocenters. The zero-order valence-corrected chi connectivity index (χ0v) is 23.2. The summed E-state index contributed by atoms with van der Waals surface area (Å²) in [6, 6.07) is 12.9. The number of rotatable bonds is 7. The number of esters is 1. The highest BCUT2D eigenvalue weighted by molar-refractivity contribution is 7.92. The van der Waals surface area contributed by atoms with Crippen molar-refractivity contribution in [2.24, 2.45) is 17.8 Å². The average Bonchev–Trinajstić information content (AvgIpc) is 3.59. The van der Waals surface area contributed by atoms with E-state index in [0.717, 1.165) is 24.3 Å². The first-order chi connectivity index (χ1) is 20.3. The highest BCUT2D eigenvalue weighted by Gasteiger charge is 2.49. The minimum atomic E-state index is -5.62. The van der Waals surface area contributed by atoms with Gasteiger partial charge in [-0.2, -0.15) is 13.2 Å². The van der Waals surface area contributed by atoms with E-state index in [4.69, 9.17) is 0 Å². The van der Waals surface area contributed by atoms with Crippen LogP contribution in [0.25, 0.3) is 11.1 Å². The normalized spacial score (nSPS) is 21.0. The van der Waals surface area contributed by atoms with Gasteiger partial charge in [0.25, 0.3) is 15.7 Å². The monoisotopic (exact) mass is 616 g/mol. The van der Waals surface area contributed by atoms with Crippen LogP contribution < -0.4 is 10.6 Å². The van der Waals surface area contributed by atoms with Gasteiger partial charge in [-0.05, 0) is 72.4 Å². The van der Waals surface area contributed by atoms with Crippen molar-refractivity contribution in [2.45, 2.75) is 22.9 Å². The molecule has 5 rings (SSSR count). The van der Waals surface area contributed by atoms with Gasteiger partial charge in [-0.1, -0.05) is 30.4 Å². The van der Waals surface area contributed by atoms with Crippen LogP contribution in [0.4, 0.5) is 23.2 Å². The summed E-state index contributed by atoms with van der Waals surface area (Å²) < 4.78 is 82.1. The number of carbonyl (C=O) groups is 3. The number of anilines is 1. The van der Waals surface area contributed by atoms with Gasteiger partial charge in [0, 0.05) is 22.9 Å². The number of halogens is 4. The van der Waals surface area contributed by atoms with Crippen LogP contribution in [0.1, 0.15) is 27.1 Å². The number of sulfone groups is 1. The quantitative estimate of drug-likeness (QED) is 0.216. The molecule has 2 aliphatic carbocycles. The van der Waals surface area contributed by atoms with Crippen molar-refractivity contribution in [2.75, 3.05) is 12.4 Å². The molecule has 0 aromatic heterocycles. The molecule has 2 N–H and O–H groups in total. The molecule has 0 saturated heterocycles. The lowest BCUT2D eigenvalue weighted by Crippen LogP contribution is -2.47. The highest BCUT2D eigenvalue weighted by atomic mass is 32.2. The third kappa shape index (κ3) is 5.76. The van der Waals surface area contributed by atoms with Crippen LogP contribution in [0.2, 0.25) is 0 Å². The first-order valence-corrected chi connectivity index (χ1v) is 14.5. The van der Waals surface area contributed by atoms with Crippen LogP contribution in [-0.4, -0.2) is 44.9 Å². The Kier molecular flexibility index (Phi) is 7.86. The molecule has 43 heavy (non-hydrogen) atoms. The molecule has 3 aromatic rings. The molecule has 0 heterocycles. The maximum atomic E-state index is 14.7. The van der Waals surface area contributed by atoms with Crippen LogP contribution >= 0.6 is 0 Å². The molecule has 2 bridgehead atoms. The van der Waals surface area contributed by atoms with Crippen LogP contribution in [0.3, 0.4) is 0 Å². The molecule has 4 atom stereocenters. The lowest BCUT2D eigenvalue weighted by atomic mass is 9.87. The van der Waals surface area contributed by atoms with E-state index >= 15 is 0 Å². The van der Waals surface area contributed by atoms with E-state index in [0.29, 0.717) is 12.0 Å². The number of methoxy groups -OCH3 is 1. The van der Waals surface area contributed by atoms with Crippen molar-refractivity contribution in [1.29, 1.82) is 0 Å². The zero-order chi connectivity index (χ0) is 31.1. The molecule has 1 saturated carbocycles. The van der Waals surface area contributed by atoms with Gasteiger partial charge < -0.3 is 15.4 Å². The molecule has 8 nitrogen and oxygen atoms in total. The molecule has 0 radical (unpaired) electrons. The molecule has 13 heteroatoms. The highest BCUT2D eigenvalue weighted by Crippen LogP contribution is 2.44. The van der Waals surface area contributed by atoms with Crippen molar-refractivity contribution in [3.8, 4) is 11.1 Å². The van der Waals surface area contributed by atoms with Crippen molar-refractivity contribution < 1.29 is 45.1 Å². The number of benzene rings is 3. The SMILES string of the molecule is COC(=O)c1ccc(-c2cc(C(=O)N[C@H]3[C@@H](C(=O)Nc4cccc(S(=O)(=O)C(F)(F)F)c4)[C@@H]4C=C[C@H]3C4)ccc2F)cc1. The van der Waals surface area contributed by atoms with E-state index < -0.39 is 55.8 Å². The second kappa shape index (κ2) is 11.3. The summed E-state index contributed by atoms with van der Waals surface area (Å²) in [6.07, 6.45) is 4.25. The largest absolute Gasteiger partial charge is 0.501 e. The zero-order valence-electron chi connectivity index (χ0n) is 22.4. The van der Waals surface area contributed by atoms with E-state index in [-0.39, 0.29) is 34.2 Å². The molecule has 0 aliphatic heterocycles. The van der Waals surface area contributed by atoms with Crippen LogP contribution in [0.5, 0.6) is 0 Å². The van der Waals surface area contributed by atoms with E-state index in [1.165, 1.54) is 49.6 Å². The summed E-state index contributed by atoms with van der Waals surface area (Å²) in [5.41, 5.74) is -4.75. The van der Waals surface area contributed by atoms with Crippen molar-refractivity contribution in [3.05, 3.63) is 95.8 Å². The maximum Gasteiger partial charge on any atom is 0.501 e. The fraction of sp³-hybridized carbons (Fsp3) is 0.233. The summed E-state index contributed by atoms with van der Waals surface area (Å²) in [5.74, 6) is -3.60. The Bertz CT molecular complexity index is 1740. The molecule has 3 aromatic carbocycles. The first kappa shape index (κ1) is 30.0. The van der Waals surface area contributed by atoms with Gasteiger partial charge in [0.2, 0.25) is 5.91 Å². The Balaban J connectivity index is 1.34. The Morgan fingerprint density at radius 2 is 1.58 bits per heavy atom. The molecular formula is C30H24F4N2O6S. The first-order valence-electron chi connectivity index (χ1n) is 13.0. The third-order valence-electron chi connectivity index (χ3n) is 7.62. The molecule has 1 fully saturated rings. The number of carbonyl (C=O) groups excluding carboxylic acids is 3. The van der Waals surface area contributed by atoms with Gasteiger partial charge in [0.15, 0.2) is 0 Å². The van der Waals surface area contributed by atoms with E-state index in [1.54, 1.807) is 0 Å². The van der Waals surface area contributed by atoms with Gasteiger partial charge >= 0.3 is 11.5 Å². The van der Waals surface area contributed by atoms with Crippen LogP contribution in [0, 0.1) is 23.6 Å². The summed E-state index contributed by atoms with van der Waals surface area (Å²) in [7, 11) is -4.38. The fourth-order valence-corrected chi connectivity index (χ4v) is 6.31. The van der Waals surface area contributed by atoms with Gasteiger partial charge in [0.1, 0.15) is 5.82 Å². The Hall–Kier alpha value is -4.52. The predicted octanol–water partition coefficient (Wildman–Crippen LogP) is 5.13. The lowest BCUT2D eigenvalue weighted by Gasteiger charge is -2.28. The van der Waals surface area contributed by atoms with Crippen LogP contribution in [-0.2, 0) is 19.4 Å². The number of hydrogen-bond donors (Lipinski definition) is 2. The number of ether oxygens (including phenoxy) is 1. The second-order valence-electron chi connectivity index (χ2n) is 10.2. The molecule has 2 aliphatic rings. The number of amides is 2. The number of alkyl halides is 3. The van der Waals surface area contributed by atoms with Crippen molar-refractivity contribution in [3.63, 3.8) is 0 Å². The van der Waals surface area contributed by atoms with Crippen molar-refractivity contribution in [1.82, 2.24) is 5.32 Å². The summed E-state index contributed by atoms with van der Waals surface area (Å²) in [6.45, 7) is 0. The predicted molar refractivity (Wildman–Crippen MR) is 147 cm³/mol. The molecule has 224 valence electrons. The van der Waals surface area contributed by atoms with E-state index in [2.05, 4.69) is 15.4 Å². The molecular weight excluding hydrogens is 592 g/mol. The second-order valence-corrected chi connectivity index (χ2v) is 12.1.